The van der Waals surface area contributed by atoms with Gasteiger partial charge in [-0.15, -0.1) is 0 Å². The zero-order valence-corrected chi connectivity index (χ0v) is 24.6. The summed E-state index contributed by atoms with van der Waals surface area (Å²) in [5.74, 6) is 2.54. The molecule has 0 saturated heterocycles. The van der Waals surface area contributed by atoms with Crippen molar-refractivity contribution >= 4 is 92.5 Å². The zero-order chi connectivity index (χ0) is 29.1. The van der Waals surface area contributed by atoms with E-state index in [0.717, 1.165) is 22.7 Å². The number of hydrogen-bond donors (Lipinski definition) is 4. The van der Waals surface area contributed by atoms with Crippen LogP contribution >= 0.6 is 46.4 Å². The standard InChI is InChI=1S/C30H20Cl4N8/c31-17-1-9-21(10-2-17)35-25-26(36-22-11-3-18(32)4-12-22)40-29(39-25)30-41-27(37-23-13-5-19(33)6-14-23)28(42-30)38-24-15-7-20(34)8-16-24/h1-16H,(H,35,39)(H,36,40)(H,37,41)(H,38,42). The van der Waals surface area contributed by atoms with Gasteiger partial charge in [-0.25, -0.2) is 20.0 Å². The maximum Gasteiger partial charge on any atom is 0.202 e. The van der Waals surface area contributed by atoms with Crippen molar-refractivity contribution in [3.8, 4) is 0 Å². The molecule has 0 aromatic heterocycles. The number of anilines is 4. The first-order valence-electron chi connectivity index (χ1n) is 12.6. The minimum Gasteiger partial charge on any atom is -0.337 e. The molecule has 4 aromatic rings. The van der Waals surface area contributed by atoms with Crippen LogP contribution in [0, 0.1) is 0 Å². The average Bonchev–Trinajstić information content (AvgIpc) is 3.57. The molecule has 2 heterocycles. The van der Waals surface area contributed by atoms with E-state index in [1.54, 1.807) is 48.5 Å². The Morgan fingerprint density at radius 3 is 0.690 bits per heavy atom. The Morgan fingerprint density at radius 2 is 0.500 bits per heavy atom. The summed E-state index contributed by atoms with van der Waals surface area (Å²) in [5.41, 5.74) is 3.12. The highest BCUT2D eigenvalue weighted by atomic mass is 35.5. The van der Waals surface area contributed by atoms with Crippen LogP contribution in [0.1, 0.15) is 0 Å². The van der Waals surface area contributed by atoms with Crippen LogP contribution < -0.4 is 21.3 Å². The smallest absolute Gasteiger partial charge is 0.202 e. The first kappa shape index (κ1) is 27.8. The largest absolute Gasteiger partial charge is 0.337 e. The van der Waals surface area contributed by atoms with Gasteiger partial charge in [0.05, 0.1) is 0 Å². The van der Waals surface area contributed by atoms with Crippen molar-refractivity contribution in [1.29, 1.82) is 0 Å². The summed E-state index contributed by atoms with van der Waals surface area (Å²) in [4.78, 5) is 19.0. The maximum atomic E-state index is 6.08. The molecule has 0 amide bonds. The highest BCUT2D eigenvalue weighted by molar-refractivity contribution is 6.51. The number of amidine groups is 4. The monoisotopic (exact) mass is 632 g/mol. The molecule has 4 aromatic carbocycles. The fourth-order valence-electron chi connectivity index (χ4n) is 3.91. The van der Waals surface area contributed by atoms with Crippen molar-refractivity contribution in [3.63, 3.8) is 0 Å². The van der Waals surface area contributed by atoms with Crippen LogP contribution in [0.2, 0.25) is 20.1 Å². The van der Waals surface area contributed by atoms with Crippen molar-refractivity contribution in [2.45, 2.75) is 0 Å². The molecule has 2 aliphatic rings. The topological polar surface area (TPSA) is 97.6 Å². The molecule has 12 heteroatoms. The lowest BCUT2D eigenvalue weighted by atomic mass is 10.3. The summed E-state index contributed by atoms with van der Waals surface area (Å²) >= 11 is 24.3. The van der Waals surface area contributed by atoms with E-state index in [9.17, 15) is 0 Å². The van der Waals surface area contributed by atoms with Crippen molar-refractivity contribution in [3.05, 3.63) is 129 Å². The Labute approximate surface area is 261 Å². The van der Waals surface area contributed by atoms with Crippen molar-refractivity contribution in [1.82, 2.24) is 0 Å². The molecule has 0 fully saturated rings. The lowest BCUT2D eigenvalue weighted by Crippen LogP contribution is -2.27. The summed E-state index contributed by atoms with van der Waals surface area (Å²) in [6, 6.07) is 29.1. The number of nitrogens with zero attached hydrogens (tertiary/aromatic N) is 4. The molecule has 8 nitrogen and oxygen atoms in total. The Balaban J connectivity index is 1.38. The Bertz CT molecular complexity index is 1510. The second-order valence-electron chi connectivity index (χ2n) is 9.02. The fraction of sp³-hybridized carbons (Fsp3) is 0. The van der Waals surface area contributed by atoms with E-state index >= 15 is 0 Å². The van der Waals surface area contributed by atoms with Crippen LogP contribution in [0.4, 0.5) is 22.7 Å². The van der Waals surface area contributed by atoms with Gasteiger partial charge in [0.25, 0.3) is 0 Å². The fourth-order valence-corrected chi connectivity index (χ4v) is 4.42. The Kier molecular flexibility index (Phi) is 8.12. The van der Waals surface area contributed by atoms with Crippen LogP contribution in [0.3, 0.4) is 0 Å². The van der Waals surface area contributed by atoms with E-state index in [0.29, 0.717) is 55.1 Å². The van der Waals surface area contributed by atoms with Gasteiger partial charge in [0, 0.05) is 42.8 Å². The first-order chi connectivity index (χ1) is 20.4. The van der Waals surface area contributed by atoms with Crippen LogP contribution in [0.5, 0.6) is 0 Å². The number of hydrogen-bond acceptors (Lipinski definition) is 8. The molecule has 4 N–H and O–H groups in total. The van der Waals surface area contributed by atoms with Gasteiger partial charge in [-0.2, -0.15) is 0 Å². The number of halogens is 4. The molecule has 0 aliphatic carbocycles. The van der Waals surface area contributed by atoms with E-state index in [1.165, 1.54) is 0 Å². The maximum absolute atomic E-state index is 6.08. The molecule has 0 bridgehead atoms. The summed E-state index contributed by atoms with van der Waals surface area (Å²) in [7, 11) is 0. The molecular weight excluding hydrogens is 614 g/mol. The molecule has 2 aliphatic heterocycles. The van der Waals surface area contributed by atoms with Gasteiger partial charge >= 0.3 is 0 Å². The van der Waals surface area contributed by atoms with Crippen LogP contribution in [-0.4, -0.2) is 23.3 Å². The van der Waals surface area contributed by atoms with E-state index in [1.807, 2.05) is 48.5 Å². The second-order valence-corrected chi connectivity index (χ2v) is 10.8. The Morgan fingerprint density at radius 1 is 0.310 bits per heavy atom. The minimum absolute atomic E-state index is 0.311. The zero-order valence-electron chi connectivity index (χ0n) is 21.5. The van der Waals surface area contributed by atoms with Crippen molar-refractivity contribution < 1.29 is 0 Å². The summed E-state index contributed by atoms with van der Waals surface area (Å²) < 4.78 is 0. The highest BCUT2D eigenvalue weighted by Gasteiger charge is 2.26. The van der Waals surface area contributed by atoms with Gasteiger partial charge < -0.3 is 21.3 Å². The summed E-state index contributed by atoms with van der Waals surface area (Å²) in [6.07, 6.45) is 0. The Hall–Kier alpha value is -4.34. The number of nitrogens with one attached hydrogen (secondary N) is 4. The van der Waals surface area contributed by atoms with E-state index in [4.69, 9.17) is 66.4 Å². The average molecular weight is 634 g/mol. The van der Waals surface area contributed by atoms with Gasteiger partial charge in [0.2, 0.25) is 11.6 Å². The molecule has 0 saturated carbocycles. The van der Waals surface area contributed by atoms with E-state index < -0.39 is 0 Å². The molecule has 208 valence electrons. The van der Waals surface area contributed by atoms with E-state index in [-0.39, 0.29) is 0 Å². The van der Waals surface area contributed by atoms with Gasteiger partial charge in [-0.3, -0.25) is 0 Å². The third-order valence-corrected chi connectivity index (χ3v) is 6.96. The van der Waals surface area contributed by atoms with Gasteiger partial charge in [-0.05, 0) is 97.1 Å². The van der Waals surface area contributed by atoms with Gasteiger partial charge in [-0.1, -0.05) is 46.4 Å². The summed E-state index contributed by atoms with van der Waals surface area (Å²) in [5, 5.41) is 15.7. The normalized spacial score (nSPS) is 14.2. The van der Waals surface area contributed by atoms with Gasteiger partial charge in [0.1, 0.15) is 0 Å². The van der Waals surface area contributed by atoms with Crippen LogP contribution in [0.25, 0.3) is 0 Å². The predicted molar refractivity (Wildman–Crippen MR) is 177 cm³/mol. The van der Waals surface area contributed by atoms with Crippen LogP contribution in [0.15, 0.2) is 129 Å². The molecule has 6 rings (SSSR count). The first-order valence-corrected chi connectivity index (χ1v) is 14.1. The number of aliphatic imine (C=N–C) groups is 4. The minimum atomic E-state index is 0.311. The predicted octanol–water partition coefficient (Wildman–Crippen LogP) is 8.80. The SMILES string of the molecule is Clc1ccc(NC2=NC(=C3N=C(Nc4ccc(Cl)cc4)C(Nc4ccc(Cl)cc4)=N3)N=C2Nc2ccc(Cl)cc2)cc1. The van der Waals surface area contributed by atoms with Crippen molar-refractivity contribution in [2.75, 3.05) is 21.3 Å². The second kappa shape index (κ2) is 12.3. The molecule has 0 radical (unpaired) electrons. The molecule has 42 heavy (non-hydrogen) atoms. The van der Waals surface area contributed by atoms with Crippen LogP contribution in [-0.2, 0) is 0 Å². The molecule has 0 spiro atoms. The molecular formula is C30H20Cl4N8. The lowest BCUT2D eigenvalue weighted by molar-refractivity contribution is 1.12. The quantitative estimate of drug-likeness (QED) is 0.180. The highest BCUT2D eigenvalue weighted by Crippen LogP contribution is 2.26. The van der Waals surface area contributed by atoms with Crippen molar-refractivity contribution in [2.24, 2.45) is 20.0 Å². The third-order valence-electron chi connectivity index (χ3n) is 5.95. The summed E-state index contributed by atoms with van der Waals surface area (Å²) in [6.45, 7) is 0. The number of rotatable bonds is 4. The number of benzene rings is 4. The third kappa shape index (κ3) is 6.75. The molecule has 0 unspecified atom stereocenters. The lowest BCUT2D eigenvalue weighted by Gasteiger charge is -2.10. The van der Waals surface area contributed by atoms with Gasteiger partial charge in [0.15, 0.2) is 23.3 Å². The molecule has 0 atom stereocenters. The van der Waals surface area contributed by atoms with E-state index in [2.05, 4.69) is 21.3 Å².